The average molecular weight is 465 g/mol. The molecule has 1 heterocycles. The molecule has 0 aliphatic carbocycles. The molecule has 0 bridgehead atoms. The number of aromatic nitrogens is 2. The van der Waals surface area contributed by atoms with Crippen LogP contribution in [0.4, 0.5) is 10.2 Å². The smallest absolute Gasteiger partial charge is 0.245 e. The maximum absolute atomic E-state index is 13.5. The second-order valence-electron chi connectivity index (χ2n) is 8.34. The van der Waals surface area contributed by atoms with E-state index in [1.54, 1.807) is 27.8 Å². The van der Waals surface area contributed by atoms with Crippen LogP contribution in [0.15, 0.2) is 60.7 Å². The van der Waals surface area contributed by atoms with E-state index in [1.807, 2.05) is 37.3 Å². The van der Waals surface area contributed by atoms with E-state index in [1.165, 1.54) is 12.1 Å². The number of nitrogens with zero attached hydrogens (tertiary/aromatic N) is 3. The lowest BCUT2D eigenvalue weighted by Crippen LogP contribution is -2.38. The minimum Gasteiger partial charge on any atom is -0.333 e. The number of carbonyl (C=O) groups excluding carboxylic acids is 2. The van der Waals surface area contributed by atoms with Crippen LogP contribution in [0.2, 0.25) is 0 Å². The number of halogens is 1. The largest absolute Gasteiger partial charge is 0.333 e. The molecular weight excluding hydrogens is 431 g/mol. The molecule has 0 atom stereocenters. The molecule has 1 N–H and O–H groups in total. The van der Waals surface area contributed by atoms with Gasteiger partial charge in [0, 0.05) is 24.6 Å². The Labute approximate surface area is 200 Å². The second-order valence-corrected chi connectivity index (χ2v) is 8.34. The number of carbonyl (C=O) groups is 2. The summed E-state index contributed by atoms with van der Waals surface area (Å²) in [4.78, 5) is 27.3. The van der Waals surface area contributed by atoms with Crippen molar-refractivity contribution >= 4 is 17.6 Å². The molecule has 0 saturated carbocycles. The Morgan fingerprint density at radius 1 is 0.971 bits per heavy atom. The molecule has 0 aliphatic rings. The third kappa shape index (κ3) is 7.01. The molecule has 3 rings (SSSR count). The summed E-state index contributed by atoms with van der Waals surface area (Å²) in [6.45, 7) is 4.71. The van der Waals surface area contributed by atoms with Crippen molar-refractivity contribution in [1.29, 1.82) is 0 Å². The minimum atomic E-state index is -0.349. The van der Waals surface area contributed by atoms with E-state index in [-0.39, 0.29) is 24.2 Å². The Balaban J connectivity index is 1.82. The highest BCUT2D eigenvalue weighted by molar-refractivity contribution is 5.94. The van der Waals surface area contributed by atoms with Gasteiger partial charge in [-0.2, -0.15) is 5.10 Å². The quantitative estimate of drug-likeness (QED) is 0.343. The first-order valence-corrected chi connectivity index (χ1v) is 12.0. The van der Waals surface area contributed by atoms with Gasteiger partial charge in [-0.25, -0.2) is 9.07 Å². The number of benzene rings is 2. The first-order chi connectivity index (χ1) is 16.5. The number of hydrogen-bond acceptors (Lipinski definition) is 3. The molecule has 34 heavy (non-hydrogen) atoms. The van der Waals surface area contributed by atoms with Crippen LogP contribution in [-0.4, -0.2) is 39.6 Å². The van der Waals surface area contributed by atoms with Gasteiger partial charge in [-0.1, -0.05) is 63.4 Å². The lowest BCUT2D eigenvalue weighted by atomic mass is 10.1. The van der Waals surface area contributed by atoms with Gasteiger partial charge in [0.05, 0.1) is 17.9 Å². The molecule has 0 spiro atoms. The number of rotatable bonds is 12. The lowest BCUT2D eigenvalue weighted by molar-refractivity contribution is -0.134. The number of unbranched alkanes of at least 4 members (excludes halogenated alkanes) is 3. The molecule has 0 aliphatic heterocycles. The summed E-state index contributed by atoms with van der Waals surface area (Å²) in [6.07, 6.45) is 5.11. The maximum Gasteiger partial charge on any atom is 0.245 e. The molecule has 0 unspecified atom stereocenters. The van der Waals surface area contributed by atoms with E-state index < -0.39 is 0 Å². The summed E-state index contributed by atoms with van der Waals surface area (Å²) in [5.74, 6) is -0.169. The summed E-state index contributed by atoms with van der Waals surface area (Å²) in [7, 11) is 0. The van der Waals surface area contributed by atoms with Gasteiger partial charge in [0.2, 0.25) is 11.8 Å². The third-order valence-corrected chi connectivity index (χ3v) is 5.58. The fourth-order valence-electron chi connectivity index (χ4n) is 3.69. The van der Waals surface area contributed by atoms with Crippen molar-refractivity contribution in [3.63, 3.8) is 0 Å². The van der Waals surface area contributed by atoms with Crippen LogP contribution in [0.3, 0.4) is 0 Å². The normalized spacial score (nSPS) is 10.8. The van der Waals surface area contributed by atoms with Crippen molar-refractivity contribution in [2.24, 2.45) is 0 Å². The molecule has 2 aromatic carbocycles. The van der Waals surface area contributed by atoms with E-state index in [4.69, 9.17) is 0 Å². The van der Waals surface area contributed by atoms with Crippen molar-refractivity contribution < 1.29 is 14.0 Å². The zero-order valence-corrected chi connectivity index (χ0v) is 20.0. The van der Waals surface area contributed by atoms with Gasteiger partial charge in [0.15, 0.2) is 0 Å². The van der Waals surface area contributed by atoms with E-state index >= 15 is 0 Å². The monoisotopic (exact) mass is 464 g/mol. The predicted molar refractivity (Wildman–Crippen MR) is 133 cm³/mol. The molecule has 7 heteroatoms. The van der Waals surface area contributed by atoms with E-state index in [0.717, 1.165) is 37.7 Å². The fraction of sp³-hybridized carbons (Fsp3) is 0.370. The van der Waals surface area contributed by atoms with Crippen LogP contribution in [0.1, 0.15) is 52.4 Å². The summed E-state index contributed by atoms with van der Waals surface area (Å²) < 4.78 is 15.1. The summed E-state index contributed by atoms with van der Waals surface area (Å²) in [5, 5.41) is 7.57. The van der Waals surface area contributed by atoms with E-state index in [0.29, 0.717) is 30.2 Å². The van der Waals surface area contributed by atoms with Crippen LogP contribution in [0.25, 0.3) is 16.9 Å². The number of nitrogens with one attached hydrogen (secondary N) is 1. The van der Waals surface area contributed by atoms with Gasteiger partial charge < -0.3 is 10.2 Å². The number of hydrogen-bond donors (Lipinski definition) is 1. The Bertz CT molecular complexity index is 1060. The molecule has 3 aromatic rings. The molecule has 1 aromatic heterocycles. The van der Waals surface area contributed by atoms with Gasteiger partial charge in [-0.05, 0) is 37.1 Å². The predicted octanol–water partition coefficient (Wildman–Crippen LogP) is 5.83. The Morgan fingerprint density at radius 3 is 2.35 bits per heavy atom. The maximum atomic E-state index is 13.5. The molecule has 0 radical (unpaired) electrons. The topological polar surface area (TPSA) is 67.2 Å². The van der Waals surface area contributed by atoms with E-state index in [9.17, 15) is 14.0 Å². The minimum absolute atomic E-state index is 0.00474. The first kappa shape index (κ1) is 25.1. The zero-order chi connectivity index (χ0) is 24.3. The standard InChI is InChI=1S/C27H33FN4O2/c1-3-5-10-18-31(27(34)13-6-4-2)20-26(33)29-25-19-24(21-11-8-7-9-12-21)30-32(25)23-16-14-22(28)15-17-23/h7-9,11-12,14-17,19H,3-6,10,13,18,20H2,1-2H3,(H,29,33). The van der Waals surface area contributed by atoms with Gasteiger partial charge in [0.1, 0.15) is 11.6 Å². The van der Waals surface area contributed by atoms with Gasteiger partial charge in [-0.15, -0.1) is 0 Å². The number of anilines is 1. The van der Waals surface area contributed by atoms with Crippen molar-refractivity contribution in [3.8, 4) is 16.9 Å². The molecule has 0 saturated heterocycles. The second kappa shape index (κ2) is 12.7. The van der Waals surface area contributed by atoms with Crippen molar-refractivity contribution in [2.75, 3.05) is 18.4 Å². The van der Waals surface area contributed by atoms with Gasteiger partial charge in [-0.3, -0.25) is 9.59 Å². The van der Waals surface area contributed by atoms with Crippen molar-refractivity contribution in [3.05, 3.63) is 66.5 Å². The SMILES string of the molecule is CCCCCN(CC(=O)Nc1cc(-c2ccccc2)nn1-c1ccc(F)cc1)C(=O)CCCC. The van der Waals surface area contributed by atoms with Crippen molar-refractivity contribution in [1.82, 2.24) is 14.7 Å². The molecule has 0 fully saturated rings. The third-order valence-electron chi connectivity index (χ3n) is 5.58. The first-order valence-electron chi connectivity index (χ1n) is 12.0. The van der Waals surface area contributed by atoms with Gasteiger partial charge in [0.25, 0.3) is 0 Å². The highest BCUT2D eigenvalue weighted by atomic mass is 19.1. The number of amides is 2. The molecular formula is C27H33FN4O2. The molecule has 180 valence electrons. The van der Waals surface area contributed by atoms with Crippen LogP contribution >= 0.6 is 0 Å². The van der Waals surface area contributed by atoms with Crippen LogP contribution in [-0.2, 0) is 9.59 Å². The molecule has 6 nitrogen and oxygen atoms in total. The summed E-state index contributed by atoms with van der Waals surface area (Å²) in [6, 6.07) is 17.3. The van der Waals surface area contributed by atoms with Crippen LogP contribution < -0.4 is 5.32 Å². The lowest BCUT2D eigenvalue weighted by Gasteiger charge is -2.22. The van der Waals surface area contributed by atoms with Crippen LogP contribution in [0, 0.1) is 5.82 Å². The average Bonchev–Trinajstić information content (AvgIpc) is 3.26. The zero-order valence-electron chi connectivity index (χ0n) is 20.0. The summed E-state index contributed by atoms with van der Waals surface area (Å²) in [5.41, 5.74) is 2.20. The van der Waals surface area contributed by atoms with Crippen LogP contribution in [0.5, 0.6) is 0 Å². The highest BCUT2D eigenvalue weighted by Crippen LogP contribution is 2.25. The highest BCUT2D eigenvalue weighted by Gasteiger charge is 2.19. The van der Waals surface area contributed by atoms with E-state index in [2.05, 4.69) is 17.3 Å². The fourth-order valence-corrected chi connectivity index (χ4v) is 3.69. The summed E-state index contributed by atoms with van der Waals surface area (Å²) >= 11 is 0. The Kier molecular flexibility index (Phi) is 9.38. The molecule has 2 amide bonds. The van der Waals surface area contributed by atoms with Gasteiger partial charge >= 0.3 is 0 Å². The Morgan fingerprint density at radius 2 is 1.68 bits per heavy atom. The van der Waals surface area contributed by atoms with Crippen molar-refractivity contribution in [2.45, 2.75) is 52.4 Å². The Hall–Kier alpha value is -3.48.